The van der Waals surface area contributed by atoms with E-state index in [0.717, 1.165) is 4.47 Å². The molecule has 0 unspecified atom stereocenters. The highest BCUT2D eigenvalue weighted by atomic mass is 79.9. The third kappa shape index (κ3) is 3.65. The van der Waals surface area contributed by atoms with Gasteiger partial charge in [-0.15, -0.1) is 0 Å². The van der Waals surface area contributed by atoms with E-state index in [0.29, 0.717) is 16.8 Å². The average molecular weight is 432 g/mol. The Bertz CT molecular complexity index is 896. The molecule has 1 aliphatic rings. The lowest BCUT2D eigenvalue weighted by molar-refractivity contribution is -0.144. The molecule has 6 nitrogen and oxygen atoms in total. The molecule has 0 fully saturated rings. The van der Waals surface area contributed by atoms with Gasteiger partial charge in [0.1, 0.15) is 6.54 Å². The predicted octanol–water partition coefficient (Wildman–Crippen LogP) is 2.82. The molecule has 0 spiro atoms. The summed E-state index contributed by atoms with van der Waals surface area (Å²) >= 11 is 3.30. The number of esters is 1. The lowest BCUT2D eigenvalue weighted by atomic mass is 9.88. The summed E-state index contributed by atoms with van der Waals surface area (Å²) in [4.78, 5) is 38.7. The summed E-state index contributed by atoms with van der Waals surface area (Å²) < 4.78 is 5.73. The molecule has 27 heavy (non-hydrogen) atoms. The molecular weight excluding hydrogens is 414 g/mol. The summed E-state index contributed by atoms with van der Waals surface area (Å²) in [6.45, 7) is 1.54. The van der Waals surface area contributed by atoms with E-state index in [1.54, 1.807) is 55.5 Å². The van der Waals surface area contributed by atoms with Gasteiger partial charge in [-0.25, -0.2) is 0 Å². The van der Waals surface area contributed by atoms with Crippen LogP contribution in [-0.2, 0) is 19.9 Å². The number of aliphatic hydroxyl groups is 1. The lowest BCUT2D eigenvalue weighted by Crippen LogP contribution is -2.44. The van der Waals surface area contributed by atoms with Crippen LogP contribution >= 0.6 is 15.9 Å². The first-order valence-electron chi connectivity index (χ1n) is 8.45. The largest absolute Gasteiger partial charge is 0.465 e. The van der Waals surface area contributed by atoms with E-state index in [4.69, 9.17) is 4.74 Å². The second-order valence-corrected chi connectivity index (χ2v) is 7.10. The summed E-state index contributed by atoms with van der Waals surface area (Å²) in [5, 5.41) is 11.1. The van der Waals surface area contributed by atoms with Crippen molar-refractivity contribution in [2.45, 2.75) is 18.9 Å². The number of halogens is 1. The van der Waals surface area contributed by atoms with Crippen molar-refractivity contribution in [1.29, 1.82) is 0 Å². The minimum absolute atomic E-state index is 0.189. The molecule has 0 aromatic heterocycles. The van der Waals surface area contributed by atoms with Crippen molar-refractivity contribution in [3.63, 3.8) is 0 Å². The van der Waals surface area contributed by atoms with Gasteiger partial charge in [-0.05, 0) is 25.1 Å². The highest BCUT2D eigenvalue weighted by Crippen LogP contribution is 2.42. The lowest BCUT2D eigenvalue weighted by Gasteiger charge is -2.22. The normalized spacial score (nSPS) is 18.3. The van der Waals surface area contributed by atoms with Crippen LogP contribution in [0.2, 0.25) is 0 Å². The maximum absolute atomic E-state index is 13.0. The number of carbonyl (C=O) groups excluding carboxylic acids is 3. The van der Waals surface area contributed by atoms with Crippen molar-refractivity contribution in [3.05, 3.63) is 64.1 Å². The van der Waals surface area contributed by atoms with E-state index in [1.807, 2.05) is 0 Å². The Morgan fingerprint density at radius 1 is 1.15 bits per heavy atom. The SMILES string of the molecule is CCOC(=O)CN1C(=O)[C@@](O)(CC(=O)c2ccc(Br)cc2)c2ccccc21. The molecule has 0 saturated heterocycles. The number of hydrogen-bond donors (Lipinski definition) is 1. The first kappa shape index (κ1) is 19.3. The van der Waals surface area contributed by atoms with E-state index >= 15 is 0 Å². The van der Waals surface area contributed by atoms with Gasteiger partial charge in [0.2, 0.25) is 0 Å². The molecule has 1 aliphatic heterocycles. The third-order valence-corrected chi connectivity index (χ3v) is 4.94. The highest BCUT2D eigenvalue weighted by Gasteiger charge is 2.51. The zero-order chi connectivity index (χ0) is 19.6. The third-order valence-electron chi connectivity index (χ3n) is 4.41. The Hall–Kier alpha value is -2.51. The zero-order valence-electron chi connectivity index (χ0n) is 14.6. The van der Waals surface area contributed by atoms with Crippen LogP contribution in [0.3, 0.4) is 0 Å². The van der Waals surface area contributed by atoms with Crippen LogP contribution < -0.4 is 4.90 Å². The first-order chi connectivity index (χ1) is 12.9. The van der Waals surface area contributed by atoms with Gasteiger partial charge in [0.05, 0.1) is 18.7 Å². The molecule has 3 rings (SSSR count). The number of ether oxygens (including phenoxy) is 1. The highest BCUT2D eigenvalue weighted by molar-refractivity contribution is 9.10. The van der Waals surface area contributed by atoms with E-state index in [2.05, 4.69) is 15.9 Å². The molecule has 1 amide bonds. The number of anilines is 1. The second-order valence-electron chi connectivity index (χ2n) is 6.18. The number of rotatable bonds is 6. The van der Waals surface area contributed by atoms with Gasteiger partial charge in [0, 0.05) is 15.6 Å². The number of amides is 1. The Kier molecular flexibility index (Phi) is 5.43. The summed E-state index contributed by atoms with van der Waals surface area (Å²) in [5.41, 5.74) is -0.917. The predicted molar refractivity (Wildman–Crippen MR) is 102 cm³/mol. The molecule has 2 aromatic carbocycles. The van der Waals surface area contributed by atoms with Crippen LogP contribution in [-0.4, -0.2) is 35.9 Å². The van der Waals surface area contributed by atoms with Crippen molar-refractivity contribution in [3.8, 4) is 0 Å². The van der Waals surface area contributed by atoms with Gasteiger partial charge < -0.3 is 9.84 Å². The van der Waals surface area contributed by atoms with Gasteiger partial charge in [0.15, 0.2) is 11.4 Å². The molecule has 1 N–H and O–H groups in total. The van der Waals surface area contributed by atoms with Crippen molar-refractivity contribution < 1.29 is 24.2 Å². The molecule has 0 bridgehead atoms. The number of ketones is 1. The number of para-hydroxylation sites is 1. The molecule has 0 saturated carbocycles. The van der Waals surface area contributed by atoms with Crippen LogP contribution in [0, 0.1) is 0 Å². The number of benzene rings is 2. The van der Waals surface area contributed by atoms with E-state index in [-0.39, 0.29) is 18.9 Å². The Morgan fingerprint density at radius 3 is 2.48 bits per heavy atom. The smallest absolute Gasteiger partial charge is 0.326 e. The topological polar surface area (TPSA) is 83.9 Å². The minimum Gasteiger partial charge on any atom is -0.465 e. The molecule has 7 heteroatoms. The molecule has 0 radical (unpaired) electrons. The van der Waals surface area contributed by atoms with Gasteiger partial charge in [-0.1, -0.05) is 46.3 Å². The van der Waals surface area contributed by atoms with E-state index in [9.17, 15) is 19.5 Å². The van der Waals surface area contributed by atoms with Crippen molar-refractivity contribution >= 4 is 39.3 Å². The van der Waals surface area contributed by atoms with Gasteiger partial charge >= 0.3 is 5.97 Å². The minimum atomic E-state index is -2.02. The van der Waals surface area contributed by atoms with Gasteiger partial charge in [0.25, 0.3) is 5.91 Å². The first-order valence-corrected chi connectivity index (χ1v) is 9.24. The summed E-state index contributed by atoms with van der Waals surface area (Å²) in [6.07, 6.45) is -0.413. The number of fused-ring (bicyclic) bond motifs is 1. The second kappa shape index (κ2) is 7.62. The summed E-state index contributed by atoms with van der Waals surface area (Å²) in [5.74, 6) is -1.66. The fourth-order valence-electron chi connectivity index (χ4n) is 3.14. The average Bonchev–Trinajstić information content (AvgIpc) is 2.85. The van der Waals surface area contributed by atoms with Gasteiger partial charge in [-0.3, -0.25) is 19.3 Å². The standard InChI is InChI=1S/C20H18BrNO5/c1-2-27-18(24)12-22-16-6-4-3-5-15(16)20(26,19(22)25)11-17(23)13-7-9-14(21)10-8-13/h3-10,26H,2,11-12H2,1H3/t20-/m1/s1. The van der Waals surface area contributed by atoms with Crippen LogP contribution in [0.4, 0.5) is 5.69 Å². The molecular formula is C20H18BrNO5. The fourth-order valence-corrected chi connectivity index (χ4v) is 3.40. The maximum atomic E-state index is 13.0. The maximum Gasteiger partial charge on any atom is 0.326 e. The van der Waals surface area contributed by atoms with Crippen LogP contribution in [0.5, 0.6) is 0 Å². The zero-order valence-corrected chi connectivity index (χ0v) is 16.2. The van der Waals surface area contributed by atoms with Crippen molar-refractivity contribution in [1.82, 2.24) is 0 Å². The molecule has 1 atom stereocenters. The number of nitrogens with zero attached hydrogens (tertiary/aromatic N) is 1. The van der Waals surface area contributed by atoms with Crippen LogP contribution in [0.15, 0.2) is 53.0 Å². The summed E-state index contributed by atoms with van der Waals surface area (Å²) in [7, 11) is 0. The monoisotopic (exact) mass is 431 g/mol. The number of carbonyl (C=O) groups is 3. The molecule has 1 heterocycles. The van der Waals surface area contributed by atoms with E-state index < -0.39 is 23.9 Å². The Balaban J connectivity index is 1.92. The molecule has 0 aliphatic carbocycles. The molecule has 140 valence electrons. The number of hydrogen-bond acceptors (Lipinski definition) is 5. The van der Waals surface area contributed by atoms with Crippen LogP contribution in [0.25, 0.3) is 0 Å². The van der Waals surface area contributed by atoms with E-state index in [1.165, 1.54) is 4.90 Å². The van der Waals surface area contributed by atoms with Crippen molar-refractivity contribution in [2.24, 2.45) is 0 Å². The number of Topliss-reactive ketones (excluding diaryl/α,β-unsaturated/α-hetero) is 1. The van der Waals surface area contributed by atoms with Crippen molar-refractivity contribution in [2.75, 3.05) is 18.1 Å². The Labute approximate surface area is 164 Å². The van der Waals surface area contributed by atoms with Crippen LogP contribution in [0.1, 0.15) is 29.3 Å². The quantitative estimate of drug-likeness (QED) is 0.561. The Morgan fingerprint density at radius 2 is 1.81 bits per heavy atom. The summed E-state index contributed by atoms with van der Waals surface area (Å²) in [6, 6.07) is 13.3. The van der Waals surface area contributed by atoms with Gasteiger partial charge in [-0.2, -0.15) is 0 Å². The molecule has 2 aromatic rings. The fraction of sp³-hybridized carbons (Fsp3) is 0.250.